The molecule has 7 nitrogen and oxygen atoms in total. The van der Waals surface area contributed by atoms with Crippen LogP contribution in [0, 0.1) is 6.92 Å². The van der Waals surface area contributed by atoms with Gasteiger partial charge in [0, 0.05) is 29.0 Å². The van der Waals surface area contributed by atoms with E-state index in [-0.39, 0.29) is 17.5 Å². The summed E-state index contributed by atoms with van der Waals surface area (Å²) in [6.07, 6.45) is 0. The molecule has 0 saturated carbocycles. The molecule has 2 amide bonds. The van der Waals surface area contributed by atoms with Crippen molar-refractivity contribution in [3.8, 4) is 0 Å². The SMILES string of the molecule is CC(=O)Nc1cccc(Nc2ccc(C(=O)Nc3ccc(Cl)cc3C)nn2)c1. The van der Waals surface area contributed by atoms with Gasteiger partial charge in [0.2, 0.25) is 5.91 Å². The molecule has 1 aromatic heterocycles. The van der Waals surface area contributed by atoms with E-state index < -0.39 is 0 Å². The minimum absolute atomic E-state index is 0.150. The number of rotatable bonds is 5. The number of halogens is 1. The van der Waals surface area contributed by atoms with E-state index in [0.717, 1.165) is 11.3 Å². The Morgan fingerprint density at radius 3 is 2.39 bits per heavy atom. The van der Waals surface area contributed by atoms with Crippen LogP contribution in [0.4, 0.5) is 22.9 Å². The van der Waals surface area contributed by atoms with Gasteiger partial charge in [0.25, 0.3) is 5.91 Å². The predicted molar refractivity (Wildman–Crippen MR) is 110 cm³/mol. The normalized spacial score (nSPS) is 10.2. The summed E-state index contributed by atoms with van der Waals surface area (Å²) in [5, 5.41) is 17.2. The molecular formula is C20H18ClN5O2. The van der Waals surface area contributed by atoms with Crippen LogP contribution in [0.3, 0.4) is 0 Å². The van der Waals surface area contributed by atoms with Gasteiger partial charge >= 0.3 is 0 Å². The molecule has 0 radical (unpaired) electrons. The fourth-order valence-corrected chi connectivity index (χ4v) is 2.73. The molecule has 0 aliphatic carbocycles. The number of hydrogen-bond donors (Lipinski definition) is 3. The Balaban J connectivity index is 1.67. The summed E-state index contributed by atoms with van der Waals surface area (Å²) in [7, 11) is 0. The summed E-state index contributed by atoms with van der Waals surface area (Å²) in [4.78, 5) is 23.5. The first-order valence-electron chi connectivity index (χ1n) is 8.46. The topological polar surface area (TPSA) is 96.0 Å². The number of benzene rings is 2. The van der Waals surface area contributed by atoms with Crippen molar-refractivity contribution < 1.29 is 9.59 Å². The molecule has 0 fully saturated rings. The van der Waals surface area contributed by atoms with Gasteiger partial charge in [0.05, 0.1) is 0 Å². The van der Waals surface area contributed by atoms with Crippen LogP contribution in [0.5, 0.6) is 0 Å². The molecule has 142 valence electrons. The fraction of sp³-hybridized carbons (Fsp3) is 0.100. The number of carbonyl (C=O) groups is 2. The van der Waals surface area contributed by atoms with Gasteiger partial charge in [-0.2, -0.15) is 0 Å². The fourth-order valence-electron chi connectivity index (χ4n) is 2.50. The van der Waals surface area contributed by atoms with Gasteiger partial charge in [0.15, 0.2) is 11.5 Å². The third-order valence-corrected chi connectivity index (χ3v) is 4.02. The van der Waals surface area contributed by atoms with E-state index in [4.69, 9.17) is 11.6 Å². The minimum Gasteiger partial charge on any atom is -0.339 e. The molecule has 28 heavy (non-hydrogen) atoms. The molecule has 3 rings (SSSR count). The molecule has 0 spiro atoms. The van der Waals surface area contributed by atoms with Crippen molar-refractivity contribution in [2.75, 3.05) is 16.0 Å². The molecule has 1 heterocycles. The van der Waals surface area contributed by atoms with Crippen LogP contribution < -0.4 is 16.0 Å². The van der Waals surface area contributed by atoms with Crippen LogP contribution in [0.25, 0.3) is 0 Å². The van der Waals surface area contributed by atoms with Crippen molar-refractivity contribution in [1.82, 2.24) is 10.2 Å². The maximum Gasteiger partial charge on any atom is 0.276 e. The number of carbonyl (C=O) groups excluding carboxylic acids is 2. The Morgan fingerprint density at radius 1 is 0.929 bits per heavy atom. The molecule has 3 N–H and O–H groups in total. The number of amides is 2. The molecule has 0 atom stereocenters. The Labute approximate surface area is 167 Å². The van der Waals surface area contributed by atoms with E-state index in [1.165, 1.54) is 6.92 Å². The third kappa shape index (κ3) is 5.05. The lowest BCUT2D eigenvalue weighted by molar-refractivity contribution is -0.114. The molecule has 8 heteroatoms. The largest absolute Gasteiger partial charge is 0.339 e. The van der Waals surface area contributed by atoms with E-state index >= 15 is 0 Å². The average molecular weight is 396 g/mol. The monoisotopic (exact) mass is 395 g/mol. The van der Waals surface area contributed by atoms with Crippen molar-refractivity contribution >= 4 is 46.3 Å². The second-order valence-corrected chi connectivity index (χ2v) is 6.54. The molecule has 0 aliphatic rings. The number of nitrogens with zero attached hydrogens (tertiary/aromatic N) is 2. The maximum atomic E-state index is 12.4. The standard InChI is InChI=1S/C20H18ClN5O2/c1-12-10-14(21)6-7-17(12)24-20(28)18-8-9-19(26-25-18)23-16-5-3-4-15(11-16)22-13(2)27/h3-11H,1-2H3,(H,22,27)(H,23,26)(H,24,28). The molecule has 0 bridgehead atoms. The lowest BCUT2D eigenvalue weighted by atomic mass is 10.2. The van der Waals surface area contributed by atoms with Crippen molar-refractivity contribution in [3.05, 3.63) is 70.9 Å². The minimum atomic E-state index is -0.364. The summed E-state index contributed by atoms with van der Waals surface area (Å²) in [6.45, 7) is 3.30. The first-order valence-corrected chi connectivity index (χ1v) is 8.84. The van der Waals surface area contributed by atoms with E-state index in [0.29, 0.717) is 22.2 Å². The van der Waals surface area contributed by atoms with Crippen LogP contribution in [-0.2, 0) is 4.79 Å². The Kier molecular flexibility index (Phi) is 5.86. The summed E-state index contributed by atoms with van der Waals surface area (Å²) >= 11 is 5.93. The van der Waals surface area contributed by atoms with Gasteiger partial charge in [-0.15, -0.1) is 10.2 Å². The van der Waals surface area contributed by atoms with E-state index in [1.54, 1.807) is 48.5 Å². The Hall–Kier alpha value is -3.45. The number of aryl methyl sites for hydroxylation is 1. The smallest absolute Gasteiger partial charge is 0.276 e. The van der Waals surface area contributed by atoms with Gasteiger partial charge in [-0.05, 0) is 61.0 Å². The summed E-state index contributed by atoms with van der Waals surface area (Å²) < 4.78 is 0. The van der Waals surface area contributed by atoms with Crippen molar-refractivity contribution in [3.63, 3.8) is 0 Å². The highest BCUT2D eigenvalue weighted by molar-refractivity contribution is 6.30. The zero-order chi connectivity index (χ0) is 20.1. The predicted octanol–water partition coefficient (Wildman–Crippen LogP) is 4.39. The van der Waals surface area contributed by atoms with Gasteiger partial charge in [-0.3, -0.25) is 9.59 Å². The highest BCUT2D eigenvalue weighted by Gasteiger charge is 2.10. The first kappa shape index (κ1) is 19.3. The average Bonchev–Trinajstić information content (AvgIpc) is 2.64. The zero-order valence-electron chi connectivity index (χ0n) is 15.3. The summed E-state index contributed by atoms with van der Waals surface area (Å²) in [6, 6.07) is 15.6. The van der Waals surface area contributed by atoms with Gasteiger partial charge in [0.1, 0.15) is 0 Å². The van der Waals surface area contributed by atoms with Crippen molar-refractivity contribution in [2.24, 2.45) is 0 Å². The third-order valence-electron chi connectivity index (χ3n) is 3.79. The van der Waals surface area contributed by atoms with E-state index in [1.807, 2.05) is 13.0 Å². The van der Waals surface area contributed by atoms with Crippen molar-refractivity contribution in [2.45, 2.75) is 13.8 Å². The number of nitrogens with one attached hydrogen (secondary N) is 3. The lowest BCUT2D eigenvalue weighted by Gasteiger charge is -2.09. The molecule has 0 saturated heterocycles. The Morgan fingerprint density at radius 2 is 1.71 bits per heavy atom. The van der Waals surface area contributed by atoms with Crippen LogP contribution in [0.1, 0.15) is 23.0 Å². The number of anilines is 4. The molecular weight excluding hydrogens is 378 g/mol. The zero-order valence-corrected chi connectivity index (χ0v) is 16.0. The second kappa shape index (κ2) is 8.49. The van der Waals surface area contributed by atoms with Gasteiger partial charge in [-0.25, -0.2) is 0 Å². The van der Waals surface area contributed by atoms with Gasteiger partial charge < -0.3 is 16.0 Å². The highest BCUT2D eigenvalue weighted by atomic mass is 35.5. The van der Waals surface area contributed by atoms with Crippen LogP contribution in [0.15, 0.2) is 54.6 Å². The van der Waals surface area contributed by atoms with E-state index in [9.17, 15) is 9.59 Å². The quantitative estimate of drug-likeness (QED) is 0.595. The number of aromatic nitrogens is 2. The van der Waals surface area contributed by atoms with Crippen LogP contribution in [-0.4, -0.2) is 22.0 Å². The Bertz CT molecular complexity index is 1020. The second-order valence-electron chi connectivity index (χ2n) is 6.10. The molecule has 3 aromatic rings. The van der Waals surface area contributed by atoms with Crippen molar-refractivity contribution in [1.29, 1.82) is 0 Å². The maximum absolute atomic E-state index is 12.4. The molecule has 0 aliphatic heterocycles. The highest BCUT2D eigenvalue weighted by Crippen LogP contribution is 2.21. The summed E-state index contributed by atoms with van der Waals surface area (Å²) in [5.41, 5.74) is 3.10. The lowest BCUT2D eigenvalue weighted by Crippen LogP contribution is -2.15. The molecule has 0 unspecified atom stereocenters. The van der Waals surface area contributed by atoms with E-state index in [2.05, 4.69) is 26.1 Å². The molecule has 2 aromatic carbocycles. The van der Waals surface area contributed by atoms with Crippen LogP contribution in [0.2, 0.25) is 5.02 Å². The number of hydrogen-bond acceptors (Lipinski definition) is 5. The van der Waals surface area contributed by atoms with Gasteiger partial charge in [-0.1, -0.05) is 17.7 Å². The summed E-state index contributed by atoms with van der Waals surface area (Å²) in [5.74, 6) is -0.0421. The first-order chi connectivity index (χ1) is 13.4. The van der Waals surface area contributed by atoms with Crippen LogP contribution >= 0.6 is 11.6 Å².